The van der Waals surface area contributed by atoms with Crippen LogP contribution in [0.4, 0.5) is 5.69 Å². The van der Waals surface area contributed by atoms with Gasteiger partial charge in [-0.2, -0.15) is 0 Å². The van der Waals surface area contributed by atoms with Crippen LogP contribution in [0.5, 0.6) is 5.75 Å². The molecule has 1 N–H and O–H groups in total. The van der Waals surface area contributed by atoms with Crippen molar-refractivity contribution in [1.29, 1.82) is 0 Å². The van der Waals surface area contributed by atoms with Crippen molar-refractivity contribution in [2.75, 3.05) is 11.9 Å². The number of benzene rings is 1. The second-order valence-electron chi connectivity index (χ2n) is 4.44. The highest BCUT2D eigenvalue weighted by molar-refractivity contribution is 7.71. The molecule has 0 radical (unpaired) electrons. The van der Waals surface area contributed by atoms with Gasteiger partial charge in [0.05, 0.1) is 11.5 Å². The molecule has 7 heteroatoms. The number of ether oxygens (including phenoxy) is 1. The van der Waals surface area contributed by atoms with E-state index in [0.29, 0.717) is 24.0 Å². The number of rotatable bonds is 6. The Kier molecular flexibility index (Phi) is 4.55. The van der Waals surface area contributed by atoms with E-state index in [-0.39, 0.29) is 0 Å². The summed E-state index contributed by atoms with van der Waals surface area (Å²) in [5, 5.41) is 9.61. The quantitative estimate of drug-likeness (QED) is 0.678. The predicted octanol–water partition coefficient (Wildman–Crippen LogP) is 4.40. The zero-order valence-electron chi connectivity index (χ0n) is 12.0. The zero-order chi connectivity index (χ0) is 15.4. The van der Waals surface area contributed by atoms with Gasteiger partial charge < -0.3 is 14.5 Å². The SMILES string of the molecule is CCOc1ccc(NCn2nc(-c3cccs3)oc2=S)cc1. The highest BCUT2D eigenvalue weighted by Gasteiger charge is 2.08. The summed E-state index contributed by atoms with van der Waals surface area (Å²) in [6, 6.07) is 11.7. The minimum Gasteiger partial charge on any atom is -0.494 e. The molecule has 0 aliphatic heterocycles. The van der Waals surface area contributed by atoms with Crippen LogP contribution in [0.2, 0.25) is 0 Å². The largest absolute Gasteiger partial charge is 0.494 e. The van der Waals surface area contributed by atoms with Crippen molar-refractivity contribution >= 4 is 29.2 Å². The molecule has 0 bridgehead atoms. The molecule has 2 aromatic heterocycles. The van der Waals surface area contributed by atoms with Gasteiger partial charge in [0, 0.05) is 5.69 Å². The summed E-state index contributed by atoms with van der Waals surface area (Å²) in [5.74, 6) is 1.40. The maximum atomic E-state index is 5.52. The summed E-state index contributed by atoms with van der Waals surface area (Å²) >= 11 is 6.76. The molecule has 0 fully saturated rings. The Morgan fingerprint density at radius 2 is 2.14 bits per heavy atom. The lowest BCUT2D eigenvalue weighted by atomic mass is 10.3. The first kappa shape index (κ1) is 14.8. The lowest BCUT2D eigenvalue weighted by molar-refractivity contribution is 0.340. The third-order valence-corrected chi connectivity index (χ3v) is 4.09. The molecular weight excluding hydrogens is 318 g/mol. The van der Waals surface area contributed by atoms with Gasteiger partial charge in [-0.1, -0.05) is 6.07 Å². The van der Waals surface area contributed by atoms with Gasteiger partial charge >= 0.3 is 0 Å². The molecule has 3 aromatic rings. The highest BCUT2D eigenvalue weighted by atomic mass is 32.1. The molecule has 0 unspecified atom stereocenters. The lowest BCUT2D eigenvalue weighted by Crippen LogP contribution is -2.09. The third kappa shape index (κ3) is 3.37. The average Bonchev–Trinajstić information content (AvgIpc) is 3.16. The Labute approximate surface area is 137 Å². The van der Waals surface area contributed by atoms with Crippen LogP contribution >= 0.6 is 23.6 Å². The summed E-state index contributed by atoms with van der Waals surface area (Å²) in [7, 11) is 0. The summed E-state index contributed by atoms with van der Waals surface area (Å²) in [6.07, 6.45) is 0. The first-order valence-corrected chi connectivity index (χ1v) is 8.13. The van der Waals surface area contributed by atoms with Crippen molar-refractivity contribution < 1.29 is 9.15 Å². The van der Waals surface area contributed by atoms with E-state index in [0.717, 1.165) is 16.3 Å². The van der Waals surface area contributed by atoms with E-state index >= 15 is 0 Å². The van der Waals surface area contributed by atoms with E-state index < -0.39 is 0 Å². The maximum absolute atomic E-state index is 5.52. The van der Waals surface area contributed by atoms with Crippen molar-refractivity contribution in [3.63, 3.8) is 0 Å². The van der Waals surface area contributed by atoms with Gasteiger partial charge in [-0.25, -0.2) is 4.68 Å². The van der Waals surface area contributed by atoms with Crippen LogP contribution in [0, 0.1) is 4.84 Å². The van der Waals surface area contributed by atoms with E-state index in [2.05, 4.69) is 10.4 Å². The summed E-state index contributed by atoms with van der Waals surface area (Å²) in [6.45, 7) is 3.07. The Bertz CT molecular complexity index is 776. The van der Waals surface area contributed by atoms with Gasteiger partial charge in [-0.05, 0) is 54.9 Å². The maximum Gasteiger partial charge on any atom is 0.289 e. The summed E-state index contributed by atoms with van der Waals surface area (Å²) < 4.78 is 12.6. The standard InChI is InChI=1S/C15H15N3O2S2/c1-2-19-12-7-5-11(6-8-12)16-10-18-15(21)20-14(17-18)13-4-3-9-22-13/h3-9,16H,2,10H2,1H3. The summed E-state index contributed by atoms with van der Waals surface area (Å²) in [5.41, 5.74) is 0.964. The molecule has 0 atom stereocenters. The molecule has 0 spiro atoms. The van der Waals surface area contributed by atoms with E-state index in [4.69, 9.17) is 21.4 Å². The van der Waals surface area contributed by atoms with Gasteiger partial charge in [-0.15, -0.1) is 16.4 Å². The average molecular weight is 333 g/mol. The fourth-order valence-electron chi connectivity index (χ4n) is 1.91. The van der Waals surface area contributed by atoms with Crippen LogP contribution in [-0.2, 0) is 6.67 Å². The minimum atomic E-state index is 0.349. The van der Waals surface area contributed by atoms with Crippen molar-refractivity contribution in [1.82, 2.24) is 9.78 Å². The number of hydrogen-bond acceptors (Lipinski definition) is 6. The minimum absolute atomic E-state index is 0.349. The van der Waals surface area contributed by atoms with Crippen molar-refractivity contribution in [2.24, 2.45) is 0 Å². The molecule has 2 heterocycles. The van der Waals surface area contributed by atoms with Crippen LogP contribution in [-0.4, -0.2) is 16.4 Å². The van der Waals surface area contributed by atoms with Crippen LogP contribution in [0.15, 0.2) is 46.2 Å². The second-order valence-corrected chi connectivity index (χ2v) is 5.74. The molecule has 1 aromatic carbocycles. The molecule has 5 nitrogen and oxygen atoms in total. The molecule has 0 saturated carbocycles. The van der Waals surface area contributed by atoms with Crippen LogP contribution in [0.1, 0.15) is 6.92 Å². The van der Waals surface area contributed by atoms with Gasteiger partial charge in [0.1, 0.15) is 12.4 Å². The number of hydrogen-bond donors (Lipinski definition) is 1. The number of aromatic nitrogens is 2. The molecule has 3 rings (SSSR count). The van der Waals surface area contributed by atoms with Crippen LogP contribution in [0.3, 0.4) is 0 Å². The molecule has 0 saturated heterocycles. The molecule has 0 aliphatic rings. The molecule has 22 heavy (non-hydrogen) atoms. The first-order valence-electron chi connectivity index (χ1n) is 6.85. The van der Waals surface area contributed by atoms with Gasteiger partial charge in [0.15, 0.2) is 0 Å². The van der Waals surface area contributed by atoms with Crippen molar-refractivity contribution in [3.05, 3.63) is 46.6 Å². The predicted molar refractivity (Wildman–Crippen MR) is 89.9 cm³/mol. The first-order chi connectivity index (χ1) is 10.8. The van der Waals surface area contributed by atoms with E-state index in [9.17, 15) is 0 Å². The van der Waals surface area contributed by atoms with Crippen LogP contribution in [0.25, 0.3) is 10.8 Å². The summed E-state index contributed by atoms with van der Waals surface area (Å²) in [4.78, 5) is 1.31. The molecular formula is C15H15N3O2S2. The number of nitrogens with zero attached hydrogens (tertiary/aromatic N) is 2. The molecule has 114 valence electrons. The van der Waals surface area contributed by atoms with Gasteiger partial charge in [0.25, 0.3) is 10.7 Å². The number of anilines is 1. The smallest absolute Gasteiger partial charge is 0.289 e. The Morgan fingerprint density at radius 3 is 2.82 bits per heavy atom. The number of nitrogens with one attached hydrogen (secondary N) is 1. The molecule has 0 aliphatic carbocycles. The monoisotopic (exact) mass is 333 g/mol. The molecule has 0 amide bonds. The third-order valence-electron chi connectivity index (χ3n) is 2.94. The highest BCUT2D eigenvalue weighted by Crippen LogP contribution is 2.23. The second kappa shape index (κ2) is 6.76. The lowest BCUT2D eigenvalue weighted by Gasteiger charge is -2.07. The topological polar surface area (TPSA) is 52.2 Å². The fourth-order valence-corrected chi connectivity index (χ4v) is 2.74. The zero-order valence-corrected chi connectivity index (χ0v) is 13.6. The van der Waals surface area contributed by atoms with Gasteiger partial charge in [-0.3, -0.25) is 0 Å². The van der Waals surface area contributed by atoms with E-state index in [1.54, 1.807) is 16.0 Å². The van der Waals surface area contributed by atoms with Crippen molar-refractivity contribution in [3.8, 4) is 16.5 Å². The number of thiophene rings is 1. The van der Waals surface area contributed by atoms with E-state index in [1.807, 2.05) is 48.7 Å². The Morgan fingerprint density at radius 1 is 1.32 bits per heavy atom. The van der Waals surface area contributed by atoms with Crippen molar-refractivity contribution in [2.45, 2.75) is 13.6 Å². The van der Waals surface area contributed by atoms with E-state index in [1.165, 1.54) is 0 Å². The Hall–Kier alpha value is -2.12. The fraction of sp³-hybridized carbons (Fsp3) is 0.200. The van der Waals surface area contributed by atoms with Gasteiger partial charge in [0.2, 0.25) is 0 Å². The normalized spacial score (nSPS) is 10.6. The van der Waals surface area contributed by atoms with Crippen LogP contribution < -0.4 is 10.1 Å². The Balaban J connectivity index is 1.67.